The Kier molecular flexibility index (Phi) is 4.38. The molecule has 0 saturated carbocycles. The van der Waals surface area contributed by atoms with E-state index >= 15 is 0 Å². The quantitative estimate of drug-likeness (QED) is 0.606. The summed E-state index contributed by atoms with van der Waals surface area (Å²) in [6.45, 7) is 3.66. The highest BCUT2D eigenvalue weighted by atomic mass is 127. The number of nitrogens with zero attached hydrogens (tertiary/aromatic N) is 2. The number of rotatable bonds is 2. The molecule has 1 atom stereocenters. The van der Waals surface area contributed by atoms with Crippen molar-refractivity contribution in [1.29, 1.82) is 0 Å². The Morgan fingerprint density at radius 1 is 1.50 bits per heavy atom. The van der Waals surface area contributed by atoms with Gasteiger partial charge in [-0.15, -0.1) is 0 Å². The van der Waals surface area contributed by atoms with Gasteiger partial charge >= 0.3 is 0 Å². The van der Waals surface area contributed by atoms with Crippen molar-refractivity contribution in [2.24, 2.45) is 0 Å². The molecule has 1 saturated heterocycles. The number of hydrogen-bond acceptors (Lipinski definition) is 3. The molecule has 0 spiro atoms. The molecular weight excluding hydrogens is 338 g/mol. The molecule has 0 radical (unpaired) electrons. The average Bonchev–Trinajstić information content (AvgIpc) is 2.33. The number of ether oxygens (including phenoxy) is 1. The third kappa shape index (κ3) is 2.65. The van der Waals surface area contributed by atoms with E-state index in [2.05, 4.69) is 39.5 Å². The Balaban J connectivity index is 2.29. The molecule has 0 bridgehead atoms. The van der Waals surface area contributed by atoms with Gasteiger partial charge in [-0.25, -0.2) is 9.97 Å². The Bertz CT molecular complexity index is 380. The highest BCUT2D eigenvalue weighted by Gasteiger charge is 2.21. The summed E-state index contributed by atoms with van der Waals surface area (Å²) < 4.78 is 6.43. The highest BCUT2D eigenvalue weighted by Crippen LogP contribution is 2.26. The third-order valence-electron chi connectivity index (χ3n) is 2.76. The zero-order chi connectivity index (χ0) is 11.5. The average molecular weight is 353 g/mol. The van der Waals surface area contributed by atoms with Crippen LogP contribution in [0, 0.1) is 3.57 Å². The number of aromatic nitrogens is 2. The summed E-state index contributed by atoms with van der Waals surface area (Å²) in [5.74, 6) is 1.16. The first kappa shape index (κ1) is 12.5. The predicted molar refractivity (Wildman–Crippen MR) is 71.9 cm³/mol. The summed E-state index contributed by atoms with van der Waals surface area (Å²) in [6, 6.07) is 0. The topological polar surface area (TPSA) is 35.0 Å². The van der Waals surface area contributed by atoms with Gasteiger partial charge in [-0.2, -0.15) is 0 Å². The number of halogens is 2. The molecule has 1 aliphatic heterocycles. The van der Waals surface area contributed by atoms with Gasteiger partial charge in [-0.1, -0.05) is 18.5 Å². The van der Waals surface area contributed by atoms with Gasteiger partial charge in [0.2, 0.25) is 0 Å². The second-order valence-corrected chi connectivity index (χ2v) is 5.34. The van der Waals surface area contributed by atoms with Crippen molar-refractivity contribution >= 4 is 34.2 Å². The van der Waals surface area contributed by atoms with Crippen LogP contribution in [0.3, 0.4) is 0 Å². The lowest BCUT2D eigenvalue weighted by Gasteiger charge is -2.21. The minimum Gasteiger partial charge on any atom is -0.381 e. The number of aryl methyl sites for hydroxylation is 1. The molecule has 2 rings (SSSR count). The molecule has 1 aromatic heterocycles. The van der Waals surface area contributed by atoms with Crippen molar-refractivity contribution in [3.63, 3.8) is 0 Å². The first-order chi connectivity index (χ1) is 7.72. The predicted octanol–water partition coefficient (Wildman–Crippen LogP) is 3.19. The zero-order valence-electron chi connectivity index (χ0n) is 9.17. The van der Waals surface area contributed by atoms with Crippen LogP contribution < -0.4 is 0 Å². The molecule has 5 heteroatoms. The first-order valence-corrected chi connectivity index (χ1v) is 6.97. The van der Waals surface area contributed by atoms with Crippen LogP contribution in [0.25, 0.3) is 0 Å². The summed E-state index contributed by atoms with van der Waals surface area (Å²) in [7, 11) is 0. The van der Waals surface area contributed by atoms with E-state index in [9.17, 15) is 0 Å². The van der Waals surface area contributed by atoms with E-state index in [1.807, 2.05) is 0 Å². The van der Waals surface area contributed by atoms with Crippen LogP contribution in [0.5, 0.6) is 0 Å². The minimum absolute atomic E-state index is 0.313. The second-order valence-electron chi connectivity index (χ2n) is 3.90. The molecule has 2 heterocycles. The molecule has 1 aliphatic rings. The lowest BCUT2D eigenvalue weighted by Crippen LogP contribution is -2.19. The summed E-state index contributed by atoms with van der Waals surface area (Å²) in [6.07, 6.45) is 3.07. The molecule has 0 aromatic carbocycles. The van der Waals surface area contributed by atoms with E-state index in [1.165, 1.54) is 0 Å². The minimum atomic E-state index is 0.313. The molecule has 1 aromatic rings. The molecule has 1 unspecified atom stereocenters. The van der Waals surface area contributed by atoms with Crippen molar-refractivity contribution in [2.45, 2.75) is 32.1 Å². The lowest BCUT2D eigenvalue weighted by molar-refractivity contribution is 0.0780. The Morgan fingerprint density at radius 3 is 2.94 bits per heavy atom. The van der Waals surface area contributed by atoms with Crippen LogP contribution in [0.2, 0.25) is 5.15 Å². The summed E-state index contributed by atoms with van der Waals surface area (Å²) in [5.41, 5.74) is 1.04. The van der Waals surface area contributed by atoms with E-state index in [1.54, 1.807) is 0 Å². The van der Waals surface area contributed by atoms with E-state index in [4.69, 9.17) is 16.3 Å². The van der Waals surface area contributed by atoms with Gasteiger partial charge < -0.3 is 4.74 Å². The molecule has 1 fully saturated rings. The van der Waals surface area contributed by atoms with E-state index in [0.717, 1.165) is 47.6 Å². The normalized spacial score (nSPS) is 21.1. The molecule has 0 N–H and O–H groups in total. The fourth-order valence-electron chi connectivity index (χ4n) is 1.84. The Labute approximate surface area is 114 Å². The van der Waals surface area contributed by atoms with Crippen LogP contribution in [-0.4, -0.2) is 23.2 Å². The summed E-state index contributed by atoms with van der Waals surface area (Å²) >= 11 is 8.32. The molecule has 0 aliphatic carbocycles. The summed E-state index contributed by atoms with van der Waals surface area (Å²) in [5, 5.41) is 0.577. The van der Waals surface area contributed by atoms with Gasteiger partial charge in [-0.05, 0) is 41.9 Å². The standard InChI is InChI=1S/C11H14ClIN2O/c1-2-8-9(13)10(12)15-11(14-8)7-4-3-5-16-6-7/h7H,2-6H2,1H3. The van der Waals surface area contributed by atoms with Gasteiger partial charge in [-0.3, -0.25) is 0 Å². The van der Waals surface area contributed by atoms with E-state index in [-0.39, 0.29) is 0 Å². The van der Waals surface area contributed by atoms with Crippen molar-refractivity contribution in [3.05, 3.63) is 20.2 Å². The van der Waals surface area contributed by atoms with Crippen molar-refractivity contribution in [2.75, 3.05) is 13.2 Å². The zero-order valence-corrected chi connectivity index (χ0v) is 12.1. The van der Waals surface area contributed by atoms with Crippen molar-refractivity contribution in [1.82, 2.24) is 9.97 Å². The van der Waals surface area contributed by atoms with Crippen LogP contribution in [0.4, 0.5) is 0 Å². The van der Waals surface area contributed by atoms with Gasteiger partial charge in [0.1, 0.15) is 11.0 Å². The maximum atomic E-state index is 6.12. The molecular formula is C11H14ClIN2O. The second kappa shape index (κ2) is 5.60. The van der Waals surface area contributed by atoms with Crippen LogP contribution in [0.1, 0.15) is 37.2 Å². The first-order valence-electron chi connectivity index (χ1n) is 5.52. The molecule has 0 amide bonds. The SMILES string of the molecule is CCc1nc(C2CCCOC2)nc(Cl)c1I. The molecule has 16 heavy (non-hydrogen) atoms. The van der Waals surface area contributed by atoms with Gasteiger partial charge in [0.05, 0.1) is 15.9 Å². The van der Waals surface area contributed by atoms with Crippen LogP contribution in [-0.2, 0) is 11.2 Å². The maximum absolute atomic E-state index is 6.12. The smallest absolute Gasteiger partial charge is 0.146 e. The van der Waals surface area contributed by atoms with Gasteiger partial charge in [0.15, 0.2) is 0 Å². The highest BCUT2D eigenvalue weighted by molar-refractivity contribution is 14.1. The van der Waals surface area contributed by atoms with Gasteiger partial charge in [0.25, 0.3) is 0 Å². The van der Waals surface area contributed by atoms with Crippen molar-refractivity contribution in [3.8, 4) is 0 Å². The fourth-order valence-corrected chi connectivity index (χ4v) is 2.66. The maximum Gasteiger partial charge on any atom is 0.146 e. The Morgan fingerprint density at radius 2 is 2.31 bits per heavy atom. The van der Waals surface area contributed by atoms with E-state index in [0.29, 0.717) is 11.1 Å². The summed E-state index contributed by atoms with van der Waals surface area (Å²) in [4.78, 5) is 8.96. The van der Waals surface area contributed by atoms with Crippen molar-refractivity contribution < 1.29 is 4.74 Å². The Hall–Kier alpha value is 0.0600. The molecule has 3 nitrogen and oxygen atoms in total. The number of hydrogen-bond donors (Lipinski definition) is 0. The lowest BCUT2D eigenvalue weighted by atomic mass is 10.0. The molecule has 88 valence electrons. The van der Waals surface area contributed by atoms with Crippen LogP contribution in [0.15, 0.2) is 0 Å². The van der Waals surface area contributed by atoms with E-state index < -0.39 is 0 Å². The monoisotopic (exact) mass is 352 g/mol. The van der Waals surface area contributed by atoms with Crippen LogP contribution >= 0.6 is 34.2 Å². The largest absolute Gasteiger partial charge is 0.381 e. The fraction of sp³-hybridized carbons (Fsp3) is 0.636. The third-order valence-corrected chi connectivity index (χ3v) is 4.48. The van der Waals surface area contributed by atoms with Gasteiger partial charge in [0, 0.05) is 12.5 Å².